The highest BCUT2D eigenvalue weighted by Gasteiger charge is 2.17. The van der Waals surface area contributed by atoms with Gasteiger partial charge in [-0.3, -0.25) is 4.79 Å². The minimum absolute atomic E-state index is 0.0289. The number of nitrogens with one attached hydrogen (secondary N) is 1. The Hall–Kier alpha value is -1.13. The van der Waals surface area contributed by atoms with Crippen molar-refractivity contribution in [2.75, 3.05) is 19.7 Å². The molecule has 0 radical (unpaired) electrons. The molecule has 1 saturated heterocycles. The highest BCUT2D eigenvalue weighted by atomic mass is 16.5. The Morgan fingerprint density at radius 3 is 3.20 bits per heavy atom. The molecule has 82 valence electrons. The number of morpholine rings is 1. The fraction of sp³-hybridized carbons (Fsp3) is 0.545. The van der Waals surface area contributed by atoms with E-state index < -0.39 is 0 Å². The van der Waals surface area contributed by atoms with Gasteiger partial charge in [0, 0.05) is 19.5 Å². The fourth-order valence-corrected chi connectivity index (χ4v) is 1.68. The molecule has 15 heavy (non-hydrogen) atoms. The number of carbonyl (C=O) groups excluding carboxylic acids is 1. The molecule has 0 aliphatic carbocycles. The number of Topliss-reactive ketones (excluding diaryl/α,β-unsaturated/α-hetero) is 1. The number of hydrogen-bond acceptors (Lipinski definition) is 4. The van der Waals surface area contributed by atoms with Crippen molar-refractivity contribution >= 4 is 5.78 Å². The number of rotatable bonds is 4. The molecule has 2 rings (SSSR count). The summed E-state index contributed by atoms with van der Waals surface area (Å²) in [6.45, 7) is 2.34. The van der Waals surface area contributed by atoms with Gasteiger partial charge in [-0.05, 0) is 12.1 Å². The molecule has 1 atom stereocenters. The second kappa shape index (κ2) is 5.09. The summed E-state index contributed by atoms with van der Waals surface area (Å²) in [5.74, 6) is 0.891. The number of ketones is 1. The van der Waals surface area contributed by atoms with E-state index >= 15 is 0 Å². The Labute approximate surface area is 88.6 Å². The van der Waals surface area contributed by atoms with E-state index in [4.69, 9.17) is 9.15 Å². The van der Waals surface area contributed by atoms with Crippen LogP contribution in [0.25, 0.3) is 0 Å². The molecular weight excluding hydrogens is 194 g/mol. The fourth-order valence-electron chi connectivity index (χ4n) is 1.68. The first-order chi connectivity index (χ1) is 7.34. The van der Waals surface area contributed by atoms with Gasteiger partial charge in [-0.25, -0.2) is 0 Å². The van der Waals surface area contributed by atoms with E-state index in [1.807, 2.05) is 6.07 Å². The van der Waals surface area contributed by atoms with Gasteiger partial charge in [-0.1, -0.05) is 0 Å². The van der Waals surface area contributed by atoms with Crippen molar-refractivity contribution in [1.82, 2.24) is 5.32 Å². The molecule has 4 nitrogen and oxygen atoms in total. The van der Waals surface area contributed by atoms with E-state index in [1.54, 1.807) is 12.3 Å². The van der Waals surface area contributed by atoms with E-state index in [0.29, 0.717) is 19.4 Å². The molecule has 1 aromatic heterocycles. The maximum atomic E-state index is 11.6. The third-order valence-electron chi connectivity index (χ3n) is 2.41. The molecule has 1 aromatic rings. The smallest absolute Gasteiger partial charge is 0.143 e. The van der Waals surface area contributed by atoms with Gasteiger partial charge in [0.25, 0.3) is 0 Å². The van der Waals surface area contributed by atoms with Crippen molar-refractivity contribution in [3.63, 3.8) is 0 Å². The van der Waals surface area contributed by atoms with Gasteiger partial charge in [0.2, 0.25) is 0 Å². The van der Waals surface area contributed by atoms with Crippen LogP contribution in [0.15, 0.2) is 22.8 Å². The largest absolute Gasteiger partial charge is 0.469 e. The molecule has 4 heteroatoms. The quantitative estimate of drug-likeness (QED) is 0.795. The Morgan fingerprint density at radius 1 is 1.60 bits per heavy atom. The molecule has 0 saturated carbocycles. The van der Waals surface area contributed by atoms with Crippen LogP contribution in [0.1, 0.15) is 12.2 Å². The van der Waals surface area contributed by atoms with Gasteiger partial charge in [0.05, 0.1) is 25.4 Å². The van der Waals surface area contributed by atoms with Crippen molar-refractivity contribution < 1.29 is 13.9 Å². The third kappa shape index (κ3) is 3.18. The molecule has 1 N–H and O–H groups in total. The van der Waals surface area contributed by atoms with Crippen LogP contribution in [0.5, 0.6) is 0 Å². The van der Waals surface area contributed by atoms with E-state index in [-0.39, 0.29) is 11.9 Å². The summed E-state index contributed by atoms with van der Waals surface area (Å²) in [7, 11) is 0. The zero-order valence-corrected chi connectivity index (χ0v) is 8.57. The average Bonchev–Trinajstić information content (AvgIpc) is 2.71. The summed E-state index contributed by atoms with van der Waals surface area (Å²) in [6, 6.07) is 3.61. The minimum atomic E-state index is 0.0289. The summed E-state index contributed by atoms with van der Waals surface area (Å²) < 4.78 is 10.6. The average molecular weight is 209 g/mol. The zero-order valence-electron chi connectivity index (χ0n) is 8.57. The van der Waals surface area contributed by atoms with Crippen LogP contribution in [-0.2, 0) is 16.0 Å². The van der Waals surface area contributed by atoms with E-state index in [1.165, 1.54) is 0 Å². The monoisotopic (exact) mass is 209 g/mol. The summed E-state index contributed by atoms with van der Waals surface area (Å²) in [6.07, 6.45) is 2.45. The van der Waals surface area contributed by atoms with Crippen molar-refractivity contribution in [3.8, 4) is 0 Å². The van der Waals surface area contributed by atoms with Crippen LogP contribution in [0.4, 0.5) is 0 Å². The SMILES string of the molecule is O=C(Cc1ccco1)CC1CNCCO1. The normalized spacial score (nSPS) is 21.5. The van der Waals surface area contributed by atoms with Crippen molar-refractivity contribution in [2.24, 2.45) is 0 Å². The molecule has 1 unspecified atom stereocenters. The van der Waals surface area contributed by atoms with Crippen LogP contribution < -0.4 is 5.32 Å². The third-order valence-corrected chi connectivity index (χ3v) is 2.41. The minimum Gasteiger partial charge on any atom is -0.469 e. The molecule has 0 spiro atoms. The van der Waals surface area contributed by atoms with Crippen molar-refractivity contribution in [3.05, 3.63) is 24.2 Å². The van der Waals surface area contributed by atoms with Gasteiger partial charge in [-0.15, -0.1) is 0 Å². The Bertz CT molecular complexity index is 302. The molecule has 1 fully saturated rings. The number of furan rings is 1. The van der Waals surface area contributed by atoms with Crippen molar-refractivity contribution in [2.45, 2.75) is 18.9 Å². The summed E-state index contributed by atoms with van der Waals surface area (Å²) in [5.41, 5.74) is 0. The molecule has 1 aliphatic rings. The topological polar surface area (TPSA) is 51.5 Å². The molecular formula is C11H15NO3. The summed E-state index contributed by atoms with van der Waals surface area (Å²) in [4.78, 5) is 11.6. The van der Waals surface area contributed by atoms with Gasteiger partial charge in [0.1, 0.15) is 11.5 Å². The van der Waals surface area contributed by atoms with Gasteiger partial charge < -0.3 is 14.5 Å². The van der Waals surface area contributed by atoms with Gasteiger partial charge in [0.15, 0.2) is 0 Å². The molecule has 1 aliphatic heterocycles. The van der Waals surface area contributed by atoms with E-state index in [0.717, 1.165) is 18.8 Å². The lowest BCUT2D eigenvalue weighted by Crippen LogP contribution is -2.39. The van der Waals surface area contributed by atoms with Crippen LogP contribution in [0.3, 0.4) is 0 Å². The van der Waals surface area contributed by atoms with Crippen LogP contribution in [0, 0.1) is 0 Å². The number of hydrogen-bond donors (Lipinski definition) is 1. The van der Waals surface area contributed by atoms with E-state index in [9.17, 15) is 4.79 Å². The predicted molar refractivity (Wildman–Crippen MR) is 54.6 cm³/mol. The Balaban J connectivity index is 1.76. The lowest BCUT2D eigenvalue weighted by atomic mass is 10.1. The first kappa shape index (κ1) is 10.4. The molecule has 0 amide bonds. The van der Waals surface area contributed by atoms with Crippen molar-refractivity contribution in [1.29, 1.82) is 0 Å². The maximum Gasteiger partial charge on any atom is 0.143 e. The van der Waals surface area contributed by atoms with E-state index in [2.05, 4.69) is 5.32 Å². The molecule has 0 bridgehead atoms. The molecule has 2 heterocycles. The first-order valence-electron chi connectivity index (χ1n) is 5.21. The van der Waals surface area contributed by atoms with Gasteiger partial charge >= 0.3 is 0 Å². The number of ether oxygens (including phenoxy) is 1. The number of carbonyl (C=O) groups is 1. The Kier molecular flexibility index (Phi) is 3.53. The molecule has 0 aromatic carbocycles. The maximum absolute atomic E-state index is 11.6. The zero-order chi connectivity index (χ0) is 10.5. The standard InChI is InChI=1S/C11H15NO3/c13-9(6-10-2-1-4-14-10)7-11-8-12-3-5-15-11/h1-2,4,11-12H,3,5-8H2. The van der Waals surface area contributed by atoms with Gasteiger partial charge in [-0.2, -0.15) is 0 Å². The highest BCUT2D eigenvalue weighted by molar-refractivity contribution is 5.80. The lowest BCUT2D eigenvalue weighted by Gasteiger charge is -2.22. The summed E-state index contributed by atoms with van der Waals surface area (Å²) in [5, 5.41) is 3.20. The summed E-state index contributed by atoms with van der Waals surface area (Å²) >= 11 is 0. The lowest BCUT2D eigenvalue weighted by molar-refractivity contribution is -0.122. The van der Waals surface area contributed by atoms with Crippen LogP contribution in [0.2, 0.25) is 0 Å². The second-order valence-corrected chi connectivity index (χ2v) is 3.70. The first-order valence-corrected chi connectivity index (χ1v) is 5.21. The highest BCUT2D eigenvalue weighted by Crippen LogP contribution is 2.07. The second-order valence-electron chi connectivity index (χ2n) is 3.70. The Morgan fingerprint density at radius 2 is 2.53 bits per heavy atom. The van der Waals surface area contributed by atoms with Crippen LogP contribution >= 0.6 is 0 Å². The van der Waals surface area contributed by atoms with Crippen LogP contribution in [-0.4, -0.2) is 31.6 Å². The predicted octanol–water partition coefficient (Wildman–Crippen LogP) is 0.770.